The predicted molar refractivity (Wildman–Crippen MR) is 92.9 cm³/mol. The van der Waals surface area contributed by atoms with Crippen LogP contribution in [0.4, 0.5) is 4.39 Å². The van der Waals surface area contributed by atoms with Crippen molar-refractivity contribution < 1.29 is 14.3 Å². The van der Waals surface area contributed by atoms with Crippen molar-refractivity contribution in [2.24, 2.45) is 4.99 Å². The molecule has 2 rings (SSSR count). The van der Waals surface area contributed by atoms with Gasteiger partial charge in [0.05, 0.1) is 5.71 Å². The third-order valence-corrected chi connectivity index (χ3v) is 3.58. The Morgan fingerprint density at radius 3 is 2.54 bits per heavy atom. The van der Waals surface area contributed by atoms with E-state index in [4.69, 9.17) is 0 Å². The molecule has 5 heteroatoms. The van der Waals surface area contributed by atoms with Crippen molar-refractivity contribution in [3.63, 3.8) is 0 Å². The molecule has 0 aliphatic rings. The van der Waals surface area contributed by atoms with Gasteiger partial charge in [-0.05, 0) is 24.6 Å². The number of nitrogens with zero attached hydrogens (tertiary/aromatic N) is 2. The summed E-state index contributed by atoms with van der Waals surface area (Å²) in [5.41, 5.74) is 1.65. The average molecular weight is 328 g/mol. The van der Waals surface area contributed by atoms with Crippen LogP contribution in [0, 0.1) is 5.82 Å². The van der Waals surface area contributed by atoms with E-state index in [1.807, 2.05) is 30.3 Å². The number of benzene rings is 2. The molecular weight excluding hydrogens is 307 g/mol. The molecule has 1 amide bonds. The molecule has 0 radical (unpaired) electrons. The van der Waals surface area contributed by atoms with E-state index >= 15 is 0 Å². The van der Waals surface area contributed by atoms with Gasteiger partial charge in [0.2, 0.25) is 5.91 Å². The minimum absolute atomic E-state index is 0.0247. The lowest BCUT2D eigenvalue weighted by atomic mass is 10.0. The van der Waals surface area contributed by atoms with E-state index in [0.29, 0.717) is 30.7 Å². The fourth-order valence-electron chi connectivity index (χ4n) is 2.27. The maximum absolute atomic E-state index is 13.6. The van der Waals surface area contributed by atoms with Crippen molar-refractivity contribution in [1.82, 2.24) is 4.90 Å². The van der Waals surface area contributed by atoms with Crippen LogP contribution in [-0.2, 0) is 4.79 Å². The van der Waals surface area contributed by atoms with E-state index < -0.39 is 5.82 Å². The number of aromatic hydroxyl groups is 1. The molecular formula is C19H21FN2O2. The summed E-state index contributed by atoms with van der Waals surface area (Å²) in [7, 11) is 3.43. The van der Waals surface area contributed by atoms with Gasteiger partial charge in [0.15, 0.2) is 0 Å². The fourth-order valence-corrected chi connectivity index (χ4v) is 2.27. The summed E-state index contributed by atoms with van der Waals surface area (Å²) in [5, 5.41) is 10.1. The number of hydrogen-bond donors (Lipinski definition) is 1. The first-order valence-corrected chi connectivity index (χ1v) is 7.78. The highest BCUT2D eigenvalue weighted by Gasteiger charge is 2.12. The molecule has 0 aliphatic heterocycles. The first-order valence-electron chi connectivity index (χ1n) is 7.78. The lowest BCUT2D eigenvalue weighted by molar-refractivity contribution is -0.128. The van der Waals surface area contributed by atoms with E-state index in [1.165, 1.54) is 18.2 Å². The van der Waals surface area contributed by atoms with Crippen LogP contribution in [0.1, 0.15) is 24.0 Å². The minimum atomic E-state index is -0.436. The van der Waals surface area contributed by atoms with Crippen LogP contribution in [0.2, 0.25) is 0 Å². The summed E-state index contributed by atoms with van der Waals surface area (Å²) in [6.07, 6.45) is 0.983. The Labute approximate surface area is 141 Å². The molecule has 0 aromatic heterocycles. The smallest absolute Gasteiger partial charge is 0.222 e. The highest BCUT2D eigenvalue weighted by Crippen LogP contribution is 2.22. The molecule has 0 fully saturated rings. The number of phenols is 1. The molecule has 1 N–H and O–H groups in total. The Bertz CT molecular complexity index is 727. The topological polar surface area (TPSA) is 52.9 Å². The van der Waals surface area contributed by atoms with Crippen LogP contribution in [0.5, 0.6) is 5.75 Å². The van der Waals surface area contributed by atoms with Crippen molar-refractivity contribution in [2.75, 3.05) is 20.6 Å². The number of halogens is 1. The van der Waals surface area contributed by atoms with Gasteiger partial charge in [-0.25, -0.2) is 4.39 Å². The molecule has 0 atom stereocenters. The Hall–Kier alpha value is -2.69. The normalized spacial score (nSPS) is 11.4. The number of aliphatic imine (C=N–C) groups is 1. The fraction of sp³-hybridized carbons (Fsp3) is 0.263. The number of amides is 1. The van der Waals surface area contributed by atoms with Crippen LogP contribution < -0.4 is 0 Å². The largest absolute Gasteiger partial charge is 0.507 e. The molecule has 126 valence electrons. The molecule has 4 nitrogen and oxygen atoms in total. The highest BCUT2D eigenvalue weighted by molar-refractivity contribution is 6.14. The Morgan fingerprint density at radius 1 is 1.17 bits per heavy atom. The van der Waals surface area contributed by atoms with Crippen LogP contribution >= 0.6 is 0 Å². The van der Waals surface area contributed by atoms with E-state index in [-0.39, 0.29) is 11.7 Å². The lowest BCUT2D eigenvalue weighted by Crippen LogP contribution is -2.21. The number of rotatable bonds is 6. The van der Waals surface area contributed by atoms with Gasteiger partial charge in [-0.3, -0.25) is 9.79 Å². The lowest BCUT2D eigenvalue weighted by Gasteiger charge is -2.11. The van der Waals surface area contributed by atoms with Gasteiger partial charge in [-0.1, -0.05) is 30.3 Å². The molecule has 0 aliphatic carbocycles. The van der Waals surface area contributed by atoms with E-state index in [0.717, 1.165) is 5.56 Å². The van der Waals surface area contributed by atoms with E-state index in [2.05, 4.69) is 4.99 Å². The highest BCUT2D eigenvalue weighted by atomic mass is 19.1. The zero-order valence-corrected chi connectivity index (χ0v) is 13.9. The Morgan fingerprint density at radius 2 is 1.88 bits per heavy atom. The summed E-state index contributed by atoms with van der Waals surface area (Å²) in [4.78, 5) is 17.7. The van der Waals surface area contributed by atoms with Crippen LogP contribution in [0.3, 0.4) is 0 Å². The quantitative estimate of drug-likeness (QED) is 0.654. The maximum atomic E-state index is 13.6. The molecule has 2 aromatic carbocycles. The van der Waals surface area contributed by atoms with Gasteiger partial charge >= 0.3 is 0 Å². The summed E-state index contributed by atoms with van der Waals surface area (Å²) in [6.45, 7) is 0.416. The second-order valence-corrected chi connectivity index (χ2v) is 5.65. The molecule has 2 aromatic rings. The first kappa shape index (κ1) is 17.7. The van der Waals surface area contributed by atoms with Crippen molar-refractivity contribution in [3.8, 4) is 5.75 Å². The Kier molecular flexibility index (Phi) is 6.07. The molecule has 0 heterocycles. The third-order valence-electron chi connectivity index (χ3n) is 3.58. The Balaban J connectivity index is 2.26. The van der Waals surface area contributed by atoms with Crippen molar-refractivity contribution in [1.29, 1.82) is 0 Å². The van der Waals surface area contributed by atoms with Gasteiger partial charge in [-0.15, -0.1) is 0 Å². The molecule has 0 unspecified atom stereocenters. The summed E-state index contributed by atoms with van der Waals surface area (Å²) in [6, 6.07) is 13.1. The molecule has 0 saturated heterocycles. The summed E-state index contributed by atoms with van der Waals surface area (Å²) >= 11 is 0. The molecule has 0 spiro atoms. The van der Waals surface area contributed by atoms with Gasteiger partial charge < -0.3 is 10.0 Å². The maximum Gasteiger partial charge on any atom is 0.222 e. The van der Waals surface area contributed by atoms with Crippen LogP contribution in [-0.4, -0.2) is 42.3 Å². The van der Waals surface area contributed by atoms with Crippen molar-refractivity contribution in [3.05, 3.63) is 65.5 Å². The summed E-state index contributed by atoms with van der Waals surface area (Å²) < 4.78 is 13.6. The van der Waals surface area contributed by atoms with Crippen molar-refractivity contribution in [2.45, 2.75) is 12.8 Å². The number of carbonyl (C=O) groups excluding carboxylic acids is 1. The van der Waals surface area contributed by atoms with Gasteiger partial charge in [0.1, 0.15) is 11.6 Å². The number of phenolic OH excluding ortho intramolecular Hbond substituents is 1. The monoisotopic (exact) mass is 328 g/mol. The zero-order chi connectivity index (χ0) is 17.5. The molecule has 24 heavy (non-hydrogen) atoms. The van der Waals surface area contributed by atoms with Gasteiger partial charge in [-0.2, -0.15) is 0 Å². The van der Waals surface area contributed by atoms with Gasteiger partial charge in [0, 0.05) is 38.2 Å². The standard InChI is InChI=1S/C19H21FN2O2/c1-22(2)18(24)9-6-12-21-19(14-7-4-3-5-8-14)16-13-15(20)10-11-17(16)23/h3-5,7-8,10-11,13,23H,6,9,12H2,1-2H3. The minimum Gasteiger partial charge on any atom is -0.507 e. The van der Waals surface area contributed by atoms with E-state index in [9.17, 15) is 14.3 Å². The van der Waals surface area contributed by atoms with Crippen LogP contribution in [0.15, 0.2) is 53.5 Å². The zero-order valence-electron chi connectivity index (χ0n) is 13.9. The predicted octanol–water partition coefficient (Wildman–Crippen LogP) is 3.24. The SMILES string of the molecule is CN(C)C(=O)CCCN=C(c1ccccc1)c1cc(F)ccc1O. The number of hydrogen-bond acceptors (Lipinski definition) is 3. The number of carbonyl (C=O) groups is 1. The summed E-state index contributed by atoms with van der Waals surface area (Å²) in [5.74, 6) is -0.419. The second-order valence-electron chi connectivity index (χ2n) is 5.65. The molecule has 0 saturated carbocycles. The first-order chi connectivity index (χ1) is 11.5. The second kappa shape index (κ2) is 8.24. The van der Waals surface area contributed by atoms with E-state index in [1.54, 1.807) is 19.0 Å². The molecule has 0 bridgehead atoms. The van der Waals surface area contributed by atoms with Crippen LogP contribution in [0.25, 0.3) is 0 Å². The average Bonchev–Trinajstić information content (AvgIpc) is 2.58. The third kappa shape index (κ3) is 4.65. The van der Waals surface area contributed by atoms with Crippen molar-refractivity contribution >= 4 is 11.6 Å². The van der Waals surface area contributed by atoms with Gasteiger partial charge in [0.25, 0.3) is 0 Å².